The van der Waals surface area contributed by atoms with Crippen LogP contribution in [0.2, 0.25) is 0 Å². The van der Waals surface area contributed by atoms with Crippen molar-refractivity contribution in [3.05, 3.63) is 29.8 Å². The van der Waals surface area contributed by atoms with Gasteiger partial charge in [0.05, 0.1) is 0 Å². The van der Waals surface area contributed by atoms with E-state index in [1.165, 1.54) is 0 Å². The number of anilines is 1. The van der Waals surface area contributed by atoms with Crippen molar-refractivity contribution in [2.45, 2.75) is 37.6 Å². The van der Waals surface area contributed by atoms with E-state index in [-0.39, 0.29) is 11.3 Å². The summed E-state index contributed by atoms with van der Waals surface area (Å²) in [5, 5.41) is 11.3. The first-order valence-electron chi connectivity index (χ1n) is 6.78. The molecule has 1 saturated carbocycles. The number of benzene rings is 1. The van der Waals surface area contributed by atoms with Crippen molar-refractivity contribution < 1.29 is 14.7 Å². The minimum Gasteiger partial charge on any atom is -0.465 e. The Hall–Kier alpha value is -2.04. The van der Waals surface area contributed by atoms with Gasteiger partial charge in [0, 0.05) is 17.6 Å². The molecule has 1 aromatic rings. The normalized spacial score (nSPS) is 21.2. The lowest BCUT2D eigenvalue weighted by atomic mass is 9.87. The van der Waals surface area contributed by atoms with Crippen molar-refractivity contribution >= 4 is 17.7 Å². The zero-order chi connectivity index (χ0) is 14.5. The molecule has 5 nitrogen and oxygen atoms in total. The van der Waals surface area contributed by atoms with Crippen LogP contribution in [0.5, 0.6) is 0 Å². The molecule has 0 saturated heterocycles. The van der Waals surface area contributed by atoms with Gasteiger partial charge in [-0.05, 0) is 24.5 Å². The number of hydrogen-bond donors (Lipinski definition) is 2. The highest BCUT2D eigenvalue weighted by Gasteiger charge is 2.55. The number of rotatable bonds is 2. The first-order chi connectivity index (χ1) is 9.36. The van der Waals surface area contributed by atoms with Crippen molar-refractivity contribution in [3.63, 3.8) is 0 Å². The van der Waals surface area contributed by atoms with E-state index in [1.807, 2.05) is 24.3 Å². The quantitative estimate of drug-likeness (QED) is 0.867. The summed E-state index contributed by atoms with van der Waals surface area (Å²) >= 11 is 0. The molecule has 1 aromatic carbocycles. The fourth-order valence-corrected chi connectivity index (χ4v) is 3.01. The van der Waals surface area contributed by atoms with Gasteiger partial charge in [0.15, 0.2) is 0 Å². The summed E-state index contributed by atoms with van der Waals surface area (Å²) in [7, 11) is 0. The Balaban J connectivity index is 1.93. The summed E-state index contributed by atoms with van der Waals surface area (Å²) < 4.78 is 0. The van der Waals surface area contributed by atoms with E-state index >= 15 is 0 Å². The summed E-state index contributed by atoms with van der Waals surface area (Å²) in [6.07, 6.45) is 0.0247. The van der Waals surface area contributed by atoms with Gasteiger partial charge >= 0.3 is 6.09 Å². The summed E-state index contributed by atoms with van der Waals surface area (Å²) in [6.45, 7) is 4.79. The van der Waals surface area contributed by atoms with Crippen LogP contribution in [0.4, 0.5) is 10.5 Å². The van der Waals surface area contributed by atoms with Gasteiger partial charge in [-0.15, -0.1) is 0 Å². The van der Waals surface area contributed by atoms with Crippen molar-refractivity contribution in [1.29, 1.82) is 0 Å². The molecule has 0 spiro atoms. The Bertz CT molecular complexity index is 591. The molecule has 0 aromatic heterocycles. The number of carboxylic acid groups (broad SMARTS) is 1. The molecule has 0 bridgehead atoms. The van der Waals surface area contributed by atoms with Crippen molar-refractivity contribution in [1.82, 2.24) is 5.32 Å². The van der Waals surface area contributed by atoms with Crippen LogP contribution in [0.3, 0.4) is 0 Å². The molecule has 3 rings (SSSR count). The van der Waals surface area contributed by atoms with E-state index in [1.54, 1.807) is 4.90 Å². The molecule has 1 fully saturated rings. The third-order valence-electron chi connectivity index (χ3n) is 4.23. The van der Waals surface area contributed by atoms with Crippen LogP contribution in [0.1, 0.15) is 32.3 Å². The van der Waals surface area contributed by atoms with E-state index < -0.39 is 11.6 Å². The average molecular weight is 274 g/mol. The van der Waals surface area contributed by atoms with Crippen molar-refractivity contribution in [3.8, 4) is 0 Å². The number of carbonyl (C=O) groups is 2. The molecule has 2 amide bonds. The molecule has 2 N–H and O–H groups in total. The molecule has 1 aliphatic carbocycles. The summed E-state index contributed by atoms with van der Waals surface area (Å²) in [6, 6.07) is 7.84. The molecule has 0 radical (unpaired) electrons. The van der Waals surface area contributed by atoms with E-state index in [9.17, 15) is 9.59 Å². The maximum Gasteiger partial charge on any atom is 0.405 e. The monoisotopic (exact) mass is 274 g/mol. The highest BCUT2D eigenvalue weighted by molar-refractivity contribution is 6.05. The predicted octanol–water partition coefficient (Wildman–Crippen LogP) is 2.11. The van der Waals surface area contributed by atoms with Crippen molar-refractivity contribution in [2.75, 3.05) is 11.4 Å². The summed E-state index contributed by atoms with van der Waals surface area (Å²) in [5.74, 6) is -0.127. The van der Waals surface area contributed by atoms with E-state index in [2.05, 4.69) is 19.2 Å². The van der Waals surface area contributed by atoms with Crippen LogP contribution in [0.15, 0.2) is 24.3 Å². The van der Waals surface area contributed by atoms with Crippen LogP contribution in [0.25, 0.3) is 0 Å². The third kappa shape index (κ3) is 1.85. The second-order valence-corrected chi connectivity index (χ2v) is 6.30. The number of carbonyl (C=O) groups excluding carboxylic acids is 1. The van der Waals surface area contributed by atoms with Crippen LogP contribution in [-0.2, 0) is 10.2 Å². The Morgan fingerprint density at radius 3 is 2.50 bits per heavy atom. The lowest BCUT2D eigenvalue weighted by molar-refractivity contribution is -0.121. The smallest absolute Gasteiger partial charge is 0.405 e. The standard InChI is InChI=1S/C15H18N2O3/c1-14(2)9-17(11-6-4-3-5-10(11)14)12(18)15(7-8-15)16-13(19)20/h3-6,16H,7-9H2,1-2H3,(H,19,20). The van der Waals surface area contributed by atoms with Gasteiger partial charge in [-0.2, -0.15) is 0 Å². The maximum atomic E-state index is 12.7. The molecule has 0 atom stereocenters. The average Bonchev–Trinajstić information content (AvgIpc) is 3.09. The summed E-state index contributed by atoms with van der Waals surface area (Å²) in [4.78, 5) is 25.3. The van der Waals surface area contributed by atoms with Gasteiger partial charge in [0.1, 0.15) is 5.54 Å². The van der Waals surface area contributed by atoms with Crippen LogP contribution < -0.4 is 10.2 Å². The molecule has 106 valence electrons. The maximum absolute atomic E-state index is 12.7. The van der Waals surface area contributed by atoms with Crippen LogP contribution in [-0.4, -0.2) is 29.2 Å². The number of nitrogens with one attached hydrogen (secondary N) is 1. The first kappa shape index (κ1) is 13.0. The fraction of sp³-hybridized carbons (Fsp3) is 0.467. The molecule has 1 aliphatic heterocycles. The fourth-order valence-electron chi connectivity index (χ4n) is 3.01. The van der Waals surface area contributed by atoms with Crippen molar-refractivity contribution in [2.24, 2.45) is 0 Å². The number of hydrogen-bond acceptors (Lipinski definition) is 2. The minimum absolute atomic E-state index is 0.106. The molecule has 20 heavy (non-hydrogen) atoms. The van der Waals surface area contributed by atoms with Gasteiger partial charge in [-0.1, -0.05) is 32.0 Å². The Kier molecular flexibility index (Phi) is 2.58. The molecule has 2 aliphatic rings. The van der Waals surface area contributed by atoms with Crippen LogP contribution >= 0.6 is 0 Å². The predicted molar refractivity (Wildman–Crippen MR) is 74.9 cm³/mol. The first-order valence-corrected chi connectivity index (χ1v) is 6.78. The molecule has 5 heteroatoms. The summed E-state index contributed by atoms with van der Waals surface area (Å²) in [5.41, 5.74) is 1.03. The number of fused-ring (bicyclic) bond motifs is 1. The zero-order valence-electron chi connectivity index (χ0n) is 11.6. The Morgan fingerprint density at radius 1 is 1.25 bits per heavy atom. The topological polar surface area (TPSA) is 69.6 Å². The lowest BCUT2D eigenvalue weighted by Gasteiger charge is -2.25. The number of nitrogens with zero attached hydrogens (tertiary/aromatic N) is 1. The largest absolute Gasteiger partial charge is 0.465 e. The highest BCUT2D eigenvalue weighted by atomic mass is 16.4. The van der Waals surface area contributed by atoms with E-state index in [0.29, 0.717) is 19.4 Å². The SMILES string of the molecule is CC1(C)CN(C(=O)C2(NC(=O)O)CC2)c2ccccc21. The highest BCUT2D eigenvalue weighted by Crippen LogP contribution is 2.45. The van der Waals surface area contributed by atoms with E-state index in [0.717, 1.165) is 11.3 Å². The Morgan fingerprint density at radius 2 is 1.90 bits per heavy atom. The van der Waals surface area contributed by atoms with Gasteiger partial charge in [0.25, 0.3) is 5.91 Å². The third-order valence-corrected chi connectivity index (χ3v) is 4.23. The van der Waals surface area contributed by atoms with Gasteiger partial charge in [-0.3, -0.25) is 4.79 Å². The lowest BCUT2D eigenvalue weighted by Crippen LogP contribution is -2.51. The van der Waals surface area contributed by atoms with E-state index in [4.69, 9.17) is 5.11 Å². The van der Waals surface area contributed by atoms with Gasteiger partial charge < -0.3 is 15.3 Å². The molecular formula is C15H18N2O3. The van der Waals surface area contributed by atoms with Crippen LogP contribution in [0, 0.1) is 0 Å². The molecule has 0 unspecified atom stereocenters. The van der Waals surface area contributed by atoms with Gasteiger partial charge in [-0.25, -0.2) is 4.79 Å². The number of para-hydroxylation sites is 1. The zero-order valence-corrected chi connectivity index (χ0v) is 11.6. The van der Waals surface area contributed by atoms with Gasteiger partial charge in [0.2, 0.25) is 0 Å². The molecule has 1 heterocycles. The number of amides is 2. The second kappa shape index (κ2) is 3.98. The second-order valence-electron chi connectivity index (χ2n) is 6.30. The molecular weight excluding hydrogens is 256 g/mol. The Labute approximate surface area is 117 Å². The minimum atomic E-state index is -1.14.